The second-order valence-electron chi connectivity index (χ2n) is 8.90. The van der Waals surface area contributed by atoms with E-state index in [0.29, 0.717) is 25.0 Å². The van der Waals surface area contributed by atoms with Gasteiger partial charge >= 0.3 is 0 Å². The minimum atomic E-state index is -3.36. The van der Waals surface area contributed by atoms with Gasteiger partial charge in [0, 0.05) is 11.7 Å². The molecular formula is C24H29N3O3S. The molecule has 0 aliphatic carbocycles. The van der Waals surface area contributed by atoms with Crippen molar-refractivity contribution in [1.82, 2.24) is 14.5 Å². The highest BCUT2D eigenvalue weighted by molar-refractivity contribution is 7.88. The molecule has 7 heteroatoms. The van der Waals surface area contributed by atoms with Gasteiger partial charge in [0.25, 0.3) is 0 Å². The summed E-state index contributed by atoms with van der Waals surface area (Å²) in [7, 11) is -3.36. The highest BCUT2D eigenvalue weighted by Crippen LogP contribution is 2.32. The summed E-state index contributed by atoms with van der Waals surface area (Å²) in [6.07, 6.45) is 3.22. The average Bonchev–Trinajstić information content (AvgIpc) is 3.15. The number of aromatic nitrogens is 2. The number of sulfonamides is 1. The van der Waals surface area contributed by atoms with Gasteiger partial charge in [-0.15, -0.1) is 0 Å². The first-order valence-electron chi connectivity index (χ1n) is 10.5. The van der Waals surface area contributed by atoms with Crippen LogP contribution in [0.25, 0.3) is 11.1 Å². The fraction of sp³-hybridized carbons (Fsp3) is 0.375. The molecule has 0 bridgehead atoms. The monoisotopic (exact) mass is 439 g/mol. The van der Waals surface area contributed by atoms with Crippen LogP contribution in [0.1, 0.15) is 43.3 Å². The van der Waals surface area contributed by atoms with E-state index in [9.17, 15) is 13.5 Å². The number of nitrogens with one attached hydrogen (secondary N) is 1. The zero-order valence-corrected chi connectivity index (χ0v) is 18.9. The Balaban J connectivity index is 1.71. The summed E-state index contributed by atoms with van der Waals surface area (Å²) in [5.74, 6) is 0. The zero-order valence-electron chi connectivity index (χ0n) is 18.1. The smallest absolute Gasteiger partial charge is 0.209 e. The zero-order chi connectivity index (χ0) is 22.2. The third-order valence-electron chi connectivity index (χ3n) is 5.77. The Kier molecular flexibility index (Phi) is 5.77. The van der Waals surface area contributed by atoms with Crippen LogP contribution < -0.4 is 4.72 Å². The average molecular weight is 440 g/mol. The second kappa shape index (κ2) is 8.22. The Morgan fingerprint density at radius 2 is 1.81 bits per heavy atom. The van der Waals surface area contributed by atoms with Gasteiger partial charge in [-0.25, -0.2) is 13.1 Å². The van der Waals surface area contributed by atoms with Gasteiger partial charge in [-0.3, -0.25) is 4.68 Å². The number of aryl methyl sites for hydroxylation is 1. The fourth-order valence-electron chi connectivity index (χ4n) is 4.26. The van der Waals surface area contributed by atoms with Crippen LogP contribution in [0.3, 0.4) is 0 Å². The van der Waals surface area contributed by atoms with E-state index in [1.165, 1.54) is 6.26 Å². The van der Waals surface area contributed by atoms with Crippen molar-refractivity contribution >= 4 is 10.0 Å². The number of nitrogens with zero attached hydrogens (tertiary/aromatic N) is 2. The van der Waals surface area contributed by atoms with Crippen molar-refractivity contribution in [2.24, 2.45) is 0 Å². The molecule has 2 N–H and O–H groups in total. The first-order valence-corrected chi connectivity index (χ1v) is 12.4. The quantitative estimate of drug-likeness (QED) is 0.616. The summed E-state index contributed by atoms with van der Waals surface area (Å²) in [5.41, 5.74) is 3.95. The molecular weight excluding hydrogens is 410 g/mol. The van der Waals surface area contributed by atoms with Crippen molar-refractivity contribution in [3.8, 4) is 11.1 Å². The van der Waals surface area contributed by atoms with Crippen molar-refractivity contribution in [1.29, 1.82) is 0 Å². The van der Waals surface area contributed by atoms with Crippen LogP contribution >= 0.6 is 0 Å². The summed E-state index contributed by atoms with van der Waals surface area (Å²) >= 11 is 0. The van der Waals surface area contributed by atoms with E-state index in [-0.39, 0.29) is 12.1 Å². The number of hydrogen-bond acceptors (Lipinski definition) is 4. The summed E-state index contributed by atoms with van der Waals surface area (Å²) in [5, 5.41) is 15.1. The molecule has 0 fully saturated rings. The molecule has 6 nitrogen and oxygen atoms in total. The van der Waals surface area contributed by atoms with E-state index in [2.05, 4.69) is 35.1 Å². The van der Waals surface area contributed by atoms with Crippen molar-refractivity contribution in [3.05, 3.63) is 77.6 Å². The molecule has 1 aliphatic heterocycles. The summed E-state index contributed by atoms with van der Waals surface area (Å²) in [4.78, 5) is 0. The summed E-state index contributed by atoms with van der Waals surface area (Å²) in [6.45, 7) is 3.43. The van der Waals surface area contributed by atoms with E-state index < -0.39 is 15.6 Å². The molecule has 3 aromatic rings. The van der Waals surface area contributed by atoms with Gasteiger partial charge < -0.3 is 5.11 Å². The largest absolute Gasteiger partial charge is 0.384 e. The molecule has 2 aromatic carbocycles. The lowest BCUT2D eigenvalue weighted by Crippen LogP contribution is -2.45. The van der Waals surface area contributed by atoms with Gasteiger partial charge in [-0.05, 0) is 55.9 Å². The summed E-state index contributed by atoms with van der Waals surface area (Å²) in [6, 6.07) is 20.0. The lowest BCUT2D eigenvalue weighted by molar-refractivity contribution is 0.0725. The number of fused-ring (bicyclic) bond motifs is 1. The lowest BCUT2D eigenvalue weighted by atomic mass is 9.91. The highest BCUT2D eigenvalue weighted by Gasteiger charge is 2.34. The van der Waals surface area contributed by atoms with E-state index in [1.54, 1.807) is 13.8 Å². The third kappa shape index (κ3) is 5.06. The molecule has 164 valence electrons. The van der Waals surface area contributed by atoms with E-state index in [4.69, 9.17) is 5.10 Å². The van der Waals surface area contributed by atoms with Gasteiger partial charge in [0.15, 0.2) is 0 Å². The molecule has 0 saturated heterocycles. The van der Waals surface area contributed by atoms with E-state index >= 15 is 0 Å². The van der Waals surface area contributed by atoms with Crippen LogP contribution in [0, 0.1) is 0 Å². The molecule has 0 spiro atoms. The topological polar surface area (TPSA) is 84.2 Å². The first kappa shape index (κ1) is 21.7. The Morgan fingerprint density at radius 3 is 2.48 bits per heavy atom. The lowest BCUT2D eigenvalue weighted by Gasteiger charge is -2.33. The molecule has 2 heterocycles. The molecule has 0 radical (unpaired) electrons. The van der Waals surface area contributed by atoms with Crippen LogP contribution in [0.15, 0.2) is 60.7 Å². The Bertz CT molecular complexity index is 1160. The van der Waals surface area contributed by atoms with Crippen LogP contribution in [0.4, 0.5) is 0 Å². The molecule has 4 rings (SSSR count). The SMILES string of the molecule is CC(C)(O)c1cc2n(n1)[C@@H](Cc1cccc(-c3ccccc3)c1)[C@@H](NS(C)(=O)=O)CC2. The second-order valence-corrected chi connectivity index (χ2v) is 10.7. The van der Waals surface area contributed by atoms with Crippen molar-refractivity contribution in [2.75, 3.05) is 6.26 Å². The van der Waals surface area contributed by atoms with Crippen molar-refractivity contribution in [2.45, 2.75) is 50.8 Å². The predicted octanol–water partition coefficient (Wildman–Crippen LogP) is 3.43. The maximum absolute atomic E-state index is 12.0. The van der Waals surface area contributed by atoms with Crippen LogP contribution in [0.2, 0.25) is 0 Å². The molecule has 0 saturated carbocycles. The van der Waals surface area contributed by atoms with Crippen molar-refractivity contribution < 1.29 is 13.5 Å². The van der Waals surface area contributed by atoms with E-state index in [1.807, 2.05) is 35.0 Å². The maximum atomic E-state index is 12.0. The van der Waals surface area contributed by atoms with Gasteiger partial charge in [-0.2, -0.15) is 5.10 Å². The normalized spacial score (nSPS) is 19.2. The van der Waals surface area contributed by atoms with Gasteiger partial charge in [-0.1, -0.05) is 54.6 Å². The number of rotatable bonds is 6. The molecule has 0 amide bonds. The number of hydrogen-bond donors (Lipinski definition) is 2. The first-order chi connectivity index (χ1) is 14.6. The number of benzene rings is 2. The number of aliphatic hydroxyl groups is 1. The standard InChI is InChI=1S/C24H29N3O3S/c1-24(2,28)23-16-20-12-13-21(26-31(3,29)30)22(27(20)25-23)15-17-8-7-11-19(14-17)18-9-5-4-6-10-18/h4-11,14,16,21-22,26,28H,12-13,15H2,1-3H3/t21-,22-/m0/s1. The third-order valence-corrected chi connectivity index (χ3v) is 6.51. The Morgan fingerprint density at radius 1 is 1.10 bits per heavy atom. The minimum absolute atomic E-state index is 0.180. The molecule has 1 aliphatic rings. The predicted molar refractivity (Wildman–Crippen MR) is 122 cm³/mol. The minimum Gasteiger partial charge on any atom is -0.384 e. The van der Waals surface area contributed by atoms with Crippen LogP contribution in [-0.2, 0) is 28.5 Å². The molecule has 0 unspecified atom stereocenters. The highest BCUT2D eigenvalue weighted by atomic mass is 32.2. The fourth-order valence-corrected chi connectivity index (χ4v) is 5.09. The molecule has 1 aromatic heterocycles. The van der Waals surface area contributed by atoms with Crippen molar-refractivity contribution in [3.63, 3.8) is 0 Å². The van der Waals surface area contributed by atoms with Crippen LogP contribution in [-0.4, -0.2) is 35.6 Å². The van der Waals surface area contributed by atoms with Gasteiger partial charge in [0.05, 0.1) is 18.0 Å². The Hall–Kier alpha value is -2.48. The van der Waals surface area contributed by atoms with Gasteiger partial charge in [0.1, 0.15) is 5.60 Å². The van der Waals surface area contributed by atoms with E-state index in [0.717, 1.165) is 22.4 Å². The molecule has 31 heavy (non-hydrogen) atoms. The van der Waals surface area contributed by atoms with Crippen LogP contribution in [0.5, 0.6) is 0 Å². The molecule has 2 atom stereocenters. The Labute approximate surface area is 184 Å². The van der Waals surface area contributed by atoms with Gasteiger partial charge in [0.2, 0.25) is 10.0 Å². The summed E-state index contributed by atoms with van der Waals surface area (Å²) < 4.78 is 28.8. The maximum Gasteiger partial charge on any atom is 0.209 e.